The first kappa shape index (κ1) is 18.2. The summed E-state index contributed by atoms with van der Waals surface area (Å²) in [5, 5.41) is 0. The molecule has 1 aromatic rings. The molecule has 1 aliphatic carbocycles. The lowest BCUT2D eigenvalue weighted by molar-refractivity contribution is -0.139. The Morgan fingerprint density at radius 3 is 2.67 bits per heavy atom. The maximum Gasteiger partial charge on any atom is 0.334 e. The number of hydrogen-bond acceptors (Lipinski definition) is 4. The zero-order valence-corrected chi connectivity index (χ0v) is 15.4. The van der Waals surface area contributed by atoms with Crippen molar-refractivity contribution in [3.8, 4) is 5.75 Å². The van der Waals surface area contributed by atoms with Crippen LogP contribution in [0.5, 0.6) is 5.75 Å². The smallest absolute Gasteiger partial charge is 0.334 e. The van der Waals surface area contributed by atoms with E-state index in [-0.39, 0.29) is 11.4 Å². The molecule has 130 valence electrons. The minimum Gasteiger partial charge on any atom is -0.494 e. The summed E-state index contributed by atoms with van der Waals surface area (Å²) in [7, 11) is 1.62. The number of nitrogens with zero attached hydrogens (tertiary/aromatic N) is 1. The van der Waals surface area contributed by atoms with Crippen LogP contribution >= 0.6 is 0 Å². The van der Waals surface area contributed by atoms with Crippen LogP contribution in [-0.2, 0) is 9.53 Å². The zero-order valence-electron chi connectivity index (χ0n) is 15.4. The molecule has 0 N–H and O–H groups in total. The van der Waals surface area contributed by atoms with Crippen LogP contribution in [0.3, 0.4) is 0 Å². The first-order chi connectivity index (χ1) is 11.3. The van der Waals surface area contributed by atoms with E-state index in [0.29, 0.717) is 18.8 Å². The van der Waals surface area contributed by atoms with Crippen molar-refractivity contribution in [2.75, 3.05) is 13.7 Å². The Kier molecular flexibility index (Phi) is 5.47. The summed E-state index contributed by atoms with van der Waals surface area (Å²) in [6.45, 7) is 12.4. The lowest BCUT2D eigenvalue weighted by Gasteiger charge is -2.32. The van der Waals surface area contributed by atoms with Crippen molar-refractivity contribution in [1.29, 1.82) is 0 Å². The summed E-state index contributed by atoms with van der Waals surface area (Å²) in [5.41, 5.74) is 4.16. The summed E-state index contributed by atoms with van der Waals surface area (Å²) in [4.78, 5) is 17.2. The third kappa shape index (κ3) is 3.86. The molecule has 0 spiro atoms. The molecule has 0 aromatic carbocycles. The van der Waals surface area contributed by atoms with Crippen LogP contribution in [0.4, 0.5) is 0 Å². The molecular weight excluding hydrogens is 302 g/mol. The molecular formula is C20H27NO3. The van der Waals surface area contributed by atoms with E-state index in [4.69, 9.17) is 14.5 Å². The Hall–Kier alpha value is -2.10. The molecule has 0 amide bonds. The number of rotatable bonds is 5. The van der Waals surface area contributed by atoms with E-state index < -0.39 is 0 Å². The number of carbonyl (C=O) groups is 1. The molecule has 0 saturated heterocycles. The van der Waals surface area contributed by atoms with Gasteiger partial charge in [-0.25, -0.2) is 9.78 Å². The van der Waals surface area contributed by atoms with Crippen LogP contribution in [0.25, 0.3) is 11.1 Å². The van der Waals surface area contributed by atoms with Gasteiger partial charge in [-0.05, 0) is 61.8 Å². The largest absolute Gasteiger partial charge is 0.494 e. The van der Waals surface area contributed by atoms with Gasteiger partial charge >= 0.3 is 5.97 Å². The van der Waals surface area contributed by atoms with Crippen LogP contribution in [-0.4, -0.2) is 24.7 Å². The SMILES string of the molecule is C=C(C)c1ccc(OC)c(C2=C(C(=O)OCC)CC(C)(C)CC2)n1. The van der Waals surface area contributed by atoms with Gasteiger partial charge in [0.05, 0.1) is 19.4 Å². The summed E-state index contributed by atoms with van der Waals surface area (Å²) >= 11 is 0. The number of pyridine rings is 1. The molecule has 4 nitrogen and oxygen atoms in total. The third-order valence-corrected chi connectivity index (χ3v) is 4.39. The van der Waals surface area contributed by atoms with Crippen LogP contribution in [0.15, 0.2) is 24.3 Å². The van der Waals surface area contributed by atoms with Crippen molar-refractivity contribution in [2.45, 2.75) is 47.0 Å². The molecule has 0 unspecified atom stereocenters. The zero-order chi connectivity index (χ0) is 17.9. The summed E-state index contributed by atoms with van der Waals surface area (Å²) in [6.07, 6.45) is 2.46. The second-order valence-corrected chi connectivity index (χ2v) is 7.05. The molecule has 1 heterocycles. The molecule has 0 saturated carbocycles. The predicted octanol–water partition coefficient (Wildman–Crippen LogP) is 4.65. The van der Waals surface area contributed by atoms with Crippen LogP contribution in [0.1, 0.15) is 58.3 Å². The Morgan fingerprint density at radius 2 is 2.08 bits per heavy atom. The van der Waals surface area contributed by atoms with Gasteiger partial charge < -0.3 is 9.47 Å². The van der Waals surface area contributed by atoms with Crippen molar-refractivity contribution in [3.63, 3.8) is 0 Å². The second kappa shape index (κ2) is 7.20. The number of aromatic nitrogens is 1. The molecule has 0 aliphatic heterocycles. The molecule has 0 fully saturated rings. The number of ether oxygens (including phenoxy) is 2. The van der Waals surface area contributed by atoms with E-state index in [1.807, 2.05) is 26.0 Å². The highest BCUT2D eigenvalue weighted by Crippen LogP contribution is 2.44. The molecule has 0 bridgehead atoms. The van der Waals surface area contributed by atoms with Gasteiger partial charge in [0, 0.05) is 5.57 Å². The standard InChI is InChI=1S/C20H27NO3/c1-7-24-19(22)15-12-20(4,5)11-10-14(15)18-17(23-6)9-8-16(21-18)13(2)3/h8-9H,2,7,10-12H2,1,3-6H3. The van der Waals surface area contributed by atoms with Gasteiger partial charge in [0.15, 0.2) is 0 Å². The van der Waals surface area contributed by atoms with Crippen molar-refractivity contribution in [3.05, 3.63) is 35.7 Å². The molecule has 1 aliphatic rings. The van der Waals surface area contributed by atoms with Crippen LogP contribution in [0.2, 0.25) is 0 Å². The fourth-order valence-corrected chi connectivity index (χ4v) is 3.03. The molecule has 24 heavy (non-hydrogen) atoms. The summed E-state index contributed by atoms with van der Waals surface area (Å²) in [6, 6.07) is 3.78. The average Bonchev–Trinajstić information content (AvgIpc) is 2.53. The minimum atomic E-state index is -0.246. The first-order valence-electron chi connectivity index (χ1n) is 8.39. The monoisotopic (exact) mass is 329 g/mol. The van der Waals surface area contributed by atoms with E-state index in [1.54, 1.807) is 7.11 Å². The Labute approximate surface area is 144 Å². The van der Waals surface area contributed by atoms with Crippen LogP contribution in [0, 0.1) is 5.41 Å². The van der Waals surface area contributed by atoms with E-state index in [2.05, 4.69) is 20.4 Å². The average molecular weight is 329 g/mol. The first-order valence-corrected chi connectivity index (χ1v) is 8.39. The van der Waals surface area contributed by atoms with Gasteiger partial charge in [-0.3, -0.25) is 0 Å². The summed E-state index contributed by atoms with van der Waals surface area (Å²) < 4.78 is 10.8. The third-order valence-electron chi connectivity index (χ3n) is 4.39. The minimum absolute atomic E-state index is 0.0742. The number of methoxy groups -OCH3 is 1. The second-order valence-electron chi connectivity index (χ2n) is 7.05. The van der Waals surface area contributed by atoms with E-state index in [0.717, 1.165) is 40.9 Å². The quantitative estimate of drug-likeness (QED) is 0.738. The highest BCUT2D eigenvalue weighted by Gasteiger charge is 2.33. The Morgan fingerprint density at radius 1 is 1.38 bits per heavy atom. The van der Waals surface area contributed by atoms with E-state index in [9.17, 15) is 4.79 Å². The van der Waals surface area contributed by atoms with E-state index >= 15 is 0 Å². The number of carbonyl (C=O) groups excluding carboxylic acids is 1. The van der Waals surface area contributed by atoms with Crippen molar-refractivity contribution < 1.29 is 14.3 Å². The maximum absolute atomic E-state index is 12.5. The van der Waals surface area contributed by atoms with Gasteiger partial charge in [0.1, 0.15) is 11.4 Å². The van der Waals surface area contributed by atoms with Gasteiger partial charge in [-0.1, -0.05) is 20.4 Å². The van der Waals surface area contributed by atoms with E-state index in [1.165, 1.54) is 0 Å². The fraction of sp³-hybridized carbons (Fsp3) is 0.500. The molecule has 1 aromatic heterocycles. The topological polar surface area (TPSA) is 48.4 Å². The molecule has 2 rings (SSSR count). The summed E-state index contributed by atoms with van der Waals surface area (Å²) in [5.74, 6) is 0.432. The lowest BCUT2D eigenvalue weighted by Crippen LogP contribution is -2.24. The van der Waals surface area contributed by atoms with Gasteiger partial charge in [0.25, 0.3) is 0 Å². The molecule has 0 atom stereocenters. The Balaban J connectivity index is 2.62. The number of esters is 1. The highest BCUT2D eigenvalue weighted by atomic mass is 16.5. The van der Waals surface area contributed by atoms with Crippen molar-refractivity contribution in [1.82, 2.24) is 4.98 Å². The number of hydrogen-bond donors (Lipinski definition) is 0. The highest BCUT2D eigenvalue weighted by molar-refractivity contribution is 5.98. The van der Waals surface area contributed by atoms with Gasteiger partial charge in [-0.15, -0.1) is 0 Å². The van der Waals surface area contributed by atoms with Gasteiger partial charge in [0.2, 0.25) is 0 Å². The van der Waals surface area contributed by atoms with Crippen molar-refractivity contribution >= 4 is 17.1 Å². The molecule has 4 heteroatoms. The van der Waals surface area contributed by atoms with Crippen LogP contribution < -0.4 is 4.74 Å². The lowest BCUT2D eigenvalue weighted by atomic mass is 9.73. The van der Waals surface area contributed by atoms with Gasteiger partial charge in [-0.2, -0.15) is 0 Å². The normalized spacial score (nSPS) is 16.7. The maximum atomic E-state index is 12.5. The fourth-order valence-electron chi connectivity index (χ4n) is 3.03. The number of allylic oxidation sites excluding steroid dienone is 2. The van der Waals surface area contributed by atoms with Crippen molar-refractivity contribution in [2.24, 2.45) is 5.41 Å². The molecule has 0 radical (unpaired) electrons. The Bertz CT molecular complexity index is 686. The predicted molar refractivity (Wildman–Crippen MR) is 96.7 cm³/mol.